The van der Waals surface area contributed by atoms with Gasteiger partial charge < -0.3 is 14.8 Å². The van der Waals surface area contributed by atoms with Gasteiger partial charge in [0.15, 0.2) is 0 Å². The Bertz CT molecular complexity index is 358. The van der Waals surface area contributed by atoms with E-state index in [9.17, 15) is 4.79 Å². The zero-order chi connectivity index (χ0) is 11.3. The van der Waals surface area contributed by atoms with Crippen LogP contribution in [-0.2, 0) is 24.2 Å². The van der Waals surface area contributed by atoms with Crippen molar-refractivity contribution in [3.63, 3.8) is 0 Å². The predicted molar refractivity (Wildman–Crippen MR) is 54.6 cm³/mol. The maximum atomic E-state index is 10.6. The van der Waals surface area contributed by atoms with Crippen molar-refractivity contribution in [1.29, 1.82) is 0 Å². The molecule has 0 bridgehead atoms. The number of aromatic nitrogens is 2. The summed E-state index contributed by atoms with van der Waals surface area (Å²) in [4.78, 5) is 14.7. The lowest BCUT2D eigenvalue weighted by atomic mass is 10.3. The first-order valence-electron chi connectivity index (χ1n) is 4.66. The number of nitrogens with zero attached hydrogens (tertiary/aromatic N) is 2. The molecule has 82 valence electrons. The lowest BCUT2D eigenvalue weighted by Gasteiger charge is -2.07. The molecule has 0 unspecified atom stereocenters. The molecule has 1 aromatic rings. The van der Waals surface area contributed by atoms with Crippen molar-refractivity contribution in [2.75, 3.05) is 6.61 Å². The summed E-state index contributed by atoms with van der Waals surface area (Å²) in [7, 11) is 0. The second-order valence-electron chi connectivity index (χ2n) is 3.11. The highest BCUT2D eigenvalue weighted by Gasteiger charge is 2.10. The highest BCUT2D eigenvalue weighted by Crippen LogP contribution is 2.07. The third-order valence-corrected chi connectivity index (χ3v) is 2.01. The molecule has 0 fully saturated rings. The lowest BCUT2D eigenvalue weighted by molar-refractivity contribution is -0.137. The van der Waals surface area contributed by atoms with E-state index >= 15 is 0 Å². The quantitative estimate of drug-likeness (QED) is 0.659. The molecule has 0 aliphatic carbocycles. The van der Waals surface area contributed by atoms with Gasteiger partial charge in [0.2, 0.25) is 0 Å². The Kier molecular flexibility index (Phi) is 4.05. The van der Waals surface area contributed by atoms with Gasteiger partial charge in [-0.1, -0.05) is 6.08 Å². The second-order valence-corrected chi connectivity index (χ2v) is 3.11. The summed E-state index contributed by atoms with van der Waals surface area (Å²) in [6, 6.07) is 0. The molecular weight excluding hydrogens is 196 g/mol. The van der Waals surface area contributed by atoms with Crippen LogP contribution in [0.2, 0.25) is 0 Å². The zero-order valence-corrected chi connectivity index (χ0v) is 8.39. The van der Waals surface area contributed by atoms with Crippen LogP contribution in [0.1, 0.15) is 11.5 Å². The Labute approximate surface area is 87.7 Å². The minimum atomic E-state index is -0.919. The number of aliphatic hydroxyl groups excluding tert-OH is 1. The molecule has 2 N–H and O–H groups in total. The minimum Gasteiger partial charge on any atom is -0.480 e. The van der Waals surface area contributed by atoms with Crippen LogP contribution in [0.4, 0.5) is 0 Å². The molecule has 1 aromatic heterocycles. The van der Waals surface area contributed by atoms with Crippen LogP contribution in [0.25, 0.3) is 0 Å². The molecule has 0 saturated heterocycles. The first kappa shape index (κ1) is 11.5. The van der Waals surface area contributed by atoms with Crippen LogP contribution in [0.15, 0.2) is 18.9 Å². The first-order chi connectivity index (χ1) is 7.19. The Morgan fingerprint density at radius 1 is 1.67 bits per heavy atom. The van der Waals surface area contributed by atoms with E-state index < -0.39 is 5.97 Å². The molecule has 1 rings (SSSR count). The fraction of sp³-hybridized carbons (Fsp3) is 0.400. The van der Waals surface area contributed by atoms with Crippen molar-refractivity contribution in [2.45, 2.75) is 19.4 Å². The Morgan fingerprint density at radius 3 is 2.93 bits per heavy atom. The number of hydrogen-bond acceptors (Lipinski definition) is 3. The molecule has 0 radical (unpaired) electrons. The lowest BCUT2D eigenvalue weighted by Crippen LogP contribution is -2.15. The van der Waals surface area contributed by atoms with Crippen molar-refractivity contribution < 1.29 is 15.0 Å². The molecule has 15 heavy (non-hydrogen) atoms. The number of aliphatic hydroxyl groups is 1. The SMILES string of the molecule is C=CCc1ncc(CCO)n1CC(=O)O. The van der Waals surface area contributed by atoms with Crippen LogP contribution in [0, 0.1) is 0 Å². The van der Waals surface area contributed by atoms with E-state index in [4.69, 9.17) is 10.2 Å². The summed E-state index contributed by atoms with van der Waals surface area (Å²) in [6.07, 6.45) is 4.21. The van der Waals surface area contributed by atoms with E-state index in [0.717, 1.165) is 5.69 Å². The van der Waals surface area contributed by atoms with Crippen LogP contribution < -0.4 is 0 Å². The van der Waals surface area contributed by atoms with Crippen LogP contribution in [0.5, 0.6) is 0 Å². The fourth-order valence-corrected chi connectivity index (χ4v) is 1.39. The molecule has 0 saturated carbocycles. The van der Waals surface area contributed by atoms with Crippen molar-refractivity contribution >= 4 is 5.97 Å². The highest BCUT2D eigenvalue weighted by atomic mass is 16.4. The molecule has 0 aliphatic heterocycles. The number of carbonyl (C=O) groups is 1. The van der Waals surface area contributed by atoms with E-state index in [1.54, 1.807) is 16.8 Å². The van der Waals surface area contributed by atoms with Crippen LogP contribution >= 0.6 is 0 Å². The highest BCUT2D eigenvalue weighted by molar-refractivity contribution is 5.66. The first-order valence-corrected chi connectivity index (χ1v) is 4.66. The van der Waals surface area contributed by atoms with E-state index in [1.165, 1.54) is 0 Å². The van der Waals surface area contributed by atoms with E-state index in [1.807, 2.05) is 0 Å². The third kappa shape index (κ3) is 2.92. The monoisotopic (exact) mass is 210 g/mol. The van der Waals surface area contributed by atoms with E-state index in [0.29, 0.717) is 18.7 Å². The second kappa shape index (κ2) is 5.31. The van der Waals surface area contributed by atoms with Gasteiger partial charge in [-0.2, -0.15) is 0 Å². The maximum absolute atomic E-state index is 10.6. The van der Waals surface area contributed by atoms with Gasteiger partial charge in [-0.05, 0) is 0 Å². The smallest absolute Gasteiger partial charge is 0.323 e. The van der Waals surface area contributed by atoms with Crippen LogP contribution in [-0.4, -0.2) is 32.3 Å². The molecule has 5 heteroatoms. The number of rotatable bonds is 6. The summed E-state index contributed by atoms with van der Waals surface area (Å²) < 4.78 is 1.60. The molecule has 1 heterocycles. The minimum absolute atomic E-state index is 0.0150. The number of carboxylic acids is 1. The van der Waals surface area contributed by atoms with Gasteiger partial charge >= 0.3 is 5.97 Å². The molecule has 0 amide bonds. The summed E-state index contributed by atoms with van der Waals surface area (Å²) in [5.74, 6) is -0.256. The predicted octanol–water partition coefficient (Wildman–Crippen LogP) is 0.231. The molecule has 5 nitrogen and oxygen atoms in total. The molecular formula is C10H14N2O3. The molecule has 0 aliphatic rings. The molecule has 0 spiro atoms. The van der Waals surface area contributed by atoms with Gasteiger partial charge in [0.1, 0.15) is 12.4 Å². The zero-order valence-electron chi connectivity index (χ0n) is 8.39. The van der Waals surface area contributed by atoms with Crippen molar-refractivity contribution in [3.8, 4) is 0 Å². The fourth-order valence-electron chi connectivity index (χ4n) is 1.39. The molecule has 0 aromatic carbocycles. The van der Waals surface area contributed by atoms with Crippen LogP contribution in [0.3, 0.4) is 0 Å². The summed E-state index contributed by atoms with van der Waals surface area (Å²) in [5, 5.41) is 17.5. The molecule has 0 atom stereocenters. The number of imidazole rings is 1. The largest absolute Gasteiger partial charge is 0.480 e. The number of carboxylic acid groups (broad SMARTS) is 1. The number of hydrogen-bond donors (Lipinski definition) is 2. The van der Waals surface area contributed by atoms with Gasteiger partial charge in [-0.15, -0.1) is 6.58 Å². The Morgan fingerprint density at radius 2 is 2.40 bits per heavy atom. The van der Waals surface area contributed by atoms with Gasteiger partial charge in [0.25, 0.3) is 0 Å². The normalized spacial score (nSPS) is 10.2. The summed E-state index contributed by atoms with van der Waals surface area (Å²) in [5.41, 5.74) is 0.733. The summed E-state index contributed by atoms with van der Waals surface area (Å²) >= 11 is 0. The van der Waals surface area contributed by atoms with E-state index in [-0.39, 0.29) is 13.2 Å². The Balaban J connectivity index is 2.96. The summed E-state index contributed by atoms with van der Waals surface area (Å²) in [6.45, 7) is 3.44. The average Bonchev–Trinajstić information content (AvgIpc) is 2.51. The maximum Gasteiger partial charge on any atom is 0.323 e. The van der Waals surface area contributed by atoms with Gasteiger partial charge in [-0.25, -0.2) is 4.98 Å². The van der Waals surface area contributed by atoms with Crippen molar-refractivity contribution in [1.82, 2.24) is 9.55 Å². The van der Waals surface area contributed by atoms with Gasteiger partial charge in [-0.3, -0.25) is 4.79 Å². The Hall–Kier alpha value is -1.62. The van der Waals surface area contributed by atoms with Crippen molar-refractivity contribution in [2.24, 2.45) is 0 Å². The van der Waals surface area contributed by atoms with Gasteiger partial charge in [0, 0.05) is 31.3 Å². The number of aliphatic carboxylic acids is 1. The van der Waals surface area contributed by atoms with Crippen molar-refractivity contribution in [3.05, 3.63) is 30.4 Å². The average molecular weight is 210 g/mol. The van der Waals surface area contributed by atoms with Gasteiger partial charge in [0.05, 0.1) is 0 Å². The standard InChI is InChI=1S/C10H14N2O3/c1-2-3-9-11-6-8(4-5-13)12(9)7-10(14)15/h2,6,13H,1,3-5,7H2,(H,14,15). The number of allylic oxidation sites excluding steroid dienone is 1. The topological polar surface area (TPSA) is 75.4 Å². The van der Waals surface area contributed by atoms with E-state index in [2.05, 4.69) is 11.6 Å². The third-order valence-electron chi connectivity index (χ3n) is 2.01.